The third-order valence-electron chi connectivity index (χ3n) is 2.98. The molecule has 1 atom stereocenters. The number of fused-ring (bicyclic) bond motifs is 1. The van der Waals surface area contributed by atoms with E-state index in [1.807, 2.05) is 6.92 Å². The molecule has 3 nitrogen and oxygen atoms in total. The summed E-state index contributed by atoms with van der Waals surface area (Å²) in [4.78, 5) is 0. The molecule has 1 N–H and O–H groups in total. The van der Waals surface area contributed by atoms with E-state index in [0.717, 1.165) is 38.5 Å². The average Bonchev–Trinajstić information content (AvgIpc) is 2.81. The van der Waals surface area contributed by atoms with Gasteiger partial charge in [0, 0.05) is 25.6 Å². The third kappa shape index (κ3) is 3.45. The van der Waals surface area contributed by atoms with Crippen molar-refractivity contribution in [3.8, 4) is 5.75 Å². The number of benzene rings is 1. The maximum Gasteiger partial charge on any atom is 0.122 e. The lowest BCUT2D eigenvalue weighted by atomic mass is 10.1. The summed E-state index contributed by atoms with van der Waals surface area (Å²) in [6.45, 7) is 7.43. The standard InChI is InChI=1S/C14H21NO2/c1-3-16-10-11(2)15-9-12-4-5-14-13(8-12)6-7-17-14/h4-5,8,11,15H,3,6-7,9-10H2,1-2H3. The van der Waals surface area contributed by atoms with Crippen molar-refractivity contribution >= 4 is 0 Å². The van der Waals surface area contributed by atoms with Crippen molar-refractivity contribution in [3.05, 3.63) is 29.3 Å². The molecule has 2 rings (SSSR count). The summed E-state index contributed by atoms with van der Waals surface area (Å²) in [6.07, 6.45) is 1.04. The first kappa shape index (κ1) is 12.4. The molecular formula is C14H21NO2. The second-order valence-electron chi connectivity index (χ2n) is 4.48. The SMILES string of the molecule is CCOCC(C)NCc1ccc2c(c1)CCO2. The monoisotopic (exact) mass is 235 g/mol. The van der Waals surface area contributed by atoms with E-state index in [1.54, 1.807) is 0 Å². The molecule has 0 amide bonds. The van der Waals surface area contributed by atoms with E-state index in [-0.39, 0.29) is 0 Å². The summed E-state index contributed by atoms with van der Waals surface area (Å²) in [5, 5.41) is 3.46. The zero-order chi connectivity index (χ0) is 12.1. The number of rotatable bonds is 6. The smallest absolute Gasteiger partial charge is 0.122 e. The van der Waals surface area contributed by atoms with Crippen molar-refractivity contribution in [1.82, 2.24) is 5.32 Å². The van der Waals surface area contributed by atoms with Gasteiger partial charge in [-0.25, -0.2) is 0 Å². The molecule has 1 heterocycles. The van der Waals surface area contributed by atoms with Crippen LogP contribution in [0.4, 0.5) is 0 Å². The number of hydrogen-bond acceptors (Lipinski definition) is 3. The summed E-state index contributed by atoms with van der Waals surface area (Å²) in [6, 6.07) is 6.83. The van der Waals surface area contributed by atoms with Gasteiger partial charge in [-0.05, 0) is 31.0 Å². The summed E-state index contributed by atoms with van der Waals surface area (Å²) in [5.41, 5.74) is 2.65. The lowest BCUT2D eigenvalue weighted by Crippen LogP contribution is -2.30. The highest BCUT2D eigenvalue weighted by atomic mass is 16.5. The minimum absolute atomic E-state index is 0.388. The number of ether oxygens (including phenoxy) is 2. The van der Waals surface area contributed by atoms with Crippen LogP contribution in [-0.4, -0.2) is 25.9 Å². The Kier molecular flexibility index (Phi) is 4.40. The zero-order valence-electron chi connectivity index (χ0n) is 10.7. The second-order valence-corrected chi connectivity index (χ2v) is 4.48. The van der Waals surface area contributed by atoms with Crippen LogP contribution in [-0.2, 0) is 17.7 Å². The lowest BCUT2D eigenvalue weighted by Gasteiger charge is -2.13. The summed E-state index contributed by atoms with van der Waals surface area (Å²) in [7, 11) is 0. The fourth-order valence-corrected chi connectivity index (χ4v) is 2.00. The van der Waals surface area contributed by atoms with Gasteiger partial charge < -0.3 is 14.8 Å². The largest absolute Gasteiger partial charge is 0.493 e. The Labute approximate surface area is 103 Å². The van der Waals surface area contributed by atoms with Crippen molar-refractivity contribution < 1.29 is 9.47 Å². The molecule has 1 aliphatic heterocycles. The van der Waals surface area contributed by atoms with Gasteiger partial charge in [-0.1, -0.05) is 12.1 Å². The summed E-state index contributed by atoms with van der Waals surface area (Å²) >= 11 is 0. The molecule has 1 aromatic rings. The summed E-state index contributed by atoms with van der Waals surface area (Å²) in [5.74, 6) is 1.05. The molecule has 17 heavy (non-hydrogen) atoms. The first-order valence-corrected chi connectivity index (χ1v) is 6.35. The molecule has 1 aliphatic rings. The van der Waals surface area contributed by atoms with Crippen LogP contribution in [0.15, 0.2) is 18.2 Å². The van der Waals surface area contributed by atoms with Crippen molar-refractivity contribution in [3.63, 3.8) is 0 Å². The first-order chi connectivity index (χ1) is 8.29. The van der Waals surface area contributed by atoms with E-state index in [4.69, 9.17) is 9.47 Å². The maximum atomic E-state index is 5.49. The van der Waals surface area contributed by atoms with Gasteiger partial charge in [-0.3, -0.25) is 0 Å². The maximum absolute atomic E-state index is 5.49. The molecule has 0 fully saturated rings. The quantitative estimate of drug-likeness (QED) is 0.819. The number of nitrogens with one attached hydrogen (secondary N) is 1. The predicted molar refractivity (Wildman–Crippen MR) is 68.4 cm³/mol. The molecule has 0 radical (unpaired) electrons. The minimum Gasteiger partial charge on any atom is -0.493 e. The van der Waals surface area contributed by atoms with Crippen molar-refractivity contribution in [2.45, 2.75) is 32.9 Å². The highest BCUT2D eigenvalue weighted by Crippen LogP contribution is 2.25. The molecule has 0 saturated carbocycles. The van der Waals surface area contributed by atoms with Gasteiger partial charge in [0.1, 0.15) is 5.75 Å². The van der Waals surface area contributed by atoms with Crippen molar-refractivity contribution in [2.75, 3.05) is 19.8 Å². The molecule has 0 spiro atoms. The Balaban J connectivity index is 1.83. The Bertz CT molecular complexity index is 365. The molecule has 0 aliphatic carbocycles. The van der Waals surface area contributed by atoms with E-state index in [1.165, 1.54) is 11.1 Å². The van der Waals surface area contributed by atoms with Gasteiger partial charge in [0.25, 0.3) is 0 Å². The Morgan fingerprint density at radius 3 is 3.18 bits per heavy atom. The van der Waals surface area contributed by atoms with Gasteiger partial charge >= 0.3 is 0 Å². The molecular weight excluding hydrogens is 214 g/mol. The molecule has 1 unspecified atom stereocenters. The van der Waals surface area contributed by atoms with Gasteiger partial charge in [0.05, 0.1) is 13.2 Å². The van der Waals surface area contributed by atoms with E-state index < -0.39 is 0 Å². The fourth-order valence-electron chi connectivity index (χ4n) is 2.00. The zero-order valence-corrected chi connectivity index (χ0v) is 10.7. The Morgan fingerprint density at radius 2 is 2.35 bits per heavy atom. The van der Waals surface area contributed by atoms with Crippen LogP contribution in [0.25, 0.3) is 0 Å². The summed E-state index contributed by atoms with van der Waals surface area (Å²) < 4.78 is 10.9. The van der Waals surface area contributed by atoms with Crippen molar-refractivity contribution in [1.29, 1.82) is 0 Å². The molecule has 0 bridgehead atoms. The van der Waals surface area contributed by atoms with Gasteiger partial charge in [-0.15, -0.1) is 0 Å². The number of hydrogen-bond donors (Lipinski definition) is 1. The normalized spacial score (nSPS) is 15.4. The lowest BCUT2D eigenvalue weighted by molar-refractivity contribution is 0.127. The predicted octanol–water partition coefficient (Wildman–Crippen LogP) is 2.14. The van der Waals surface area contributed by atoms with Gasteiger partial charge in [-0.2, -0.15) is 0 Å². The highest BCUT2D eigenvalue weighted by molar-refractivity contribution is 5.39. The van der Waals surface area contributed by atoms with Gasteiger partial charge in [0.15, 0.2) is 0 Å². The van der Waals surface area contributed by atoms with E-state index in [9.17, 15) is 0 Å². The van der Waals surface area contributed by atoms with Crippen LogP contribution in [0.2, 0.25) is 0 Å². The van der Waals surface area contributed by atoms with Crippen LogP contribution < -0.4 is 10.1 Å². The average molecular weight is 235 g/mol. The second kappa shape index (κ2) is 6.03. The topological polar surface area (TPSA) is 30.5 Å². The third-order valence-corrected chi connectivity index (χ3v) is 2.98. The minimum atomic E-state index is 0.388. The molecule has 3 heteroatoms. The van der Waals surface area contributed by atoms with E-state index >= 15 is 0 Å². The highest BCUT2D eigenvalue weighted by Gasteiger charge is 2.12. The van der Waals surface area contributed by atoms with Crippen LogP contribution >= 0.6 is 0 Å². The van der Waals surface area contributed by atoms with Crippen LogP contribution in [0.5, 0.6) is 5.75 Å². The Morgan fingerprint density at radius 1 is 1.47 bits per heavy atom. The van der Waals surface area contributed by atoms with Gasteiger partial charge in [0.2, 0.25) is 0 Å². The molecule has 0 aromatic heterocycles. The first-order valence-electron chi connectivity index (χ1n) is 6.35. The Hall–Kier alpha value is -1.06. The van der Waals surface area contributed by atoms with Crippen LogP contribution in [0.1, 0.15) is 25.0 Å². The fraction of sp³-hybridized carbons (Fsp3) is 0.571. The van der Waals surface area contributed by atoms with Crippen LogP contribution in [0, 0.1) is 0 Å². The van der Waals surface area contributed by atoms with Crippen LogP contribution in [0.3, 0.4) is 0 Å². The van der Waals surface area contributed by atoms with E-state index in [2.05, 4.69) is 30.4 Å². The van der Waals surface area contributed by atoms with Crippen molar-refractivity contribution in [2.24, 2.45) is 0 Å². The molecule has 94 valence electrons. The molecule has 1 aromatic carbocycles. The van der Waals surface area contributed by atoms with E-state index in [0.29, 0.717) is 6.04 Å². The molecule has 0 saturated heterocycles.